The number of para-hydroxylation sites is 1. The number of hydrogen-bond acceptors (Lipinski definition) is 3. The number of hydrogen-bond donors (Lipinski definition) is 0. The number of benzene rings is 6. The quantitative estimate of drug-likeness (QED) is 0.113. The number of pyridine rings is 2. The first-order chi connectivity index (χ1) is 28.6. The third-order valence-corrected chi connectivity index (χ3v) is 12.2. The van der Waals surface area contributed by atoms with E-state index < -0.39 is 0 Å². The molecule has 60 heavy (non-hydrogen) atoms. The molecule has 5 nitrogen and oxygen atoms in total. The summed E-state index contributed by atoms with van der Waals surface area (Å²) in [6.07, 6.45) is 5.97. The molecule has 0 unspecified atom stereocenters. The fourth-order valence-corrected chi connectivity index (χ4v) is 9.36. The Labute approximate surface area is 366 Å². The molecule has 10 rings (SSSR count). The maximum absolute atomic E-state index is 6.65. The van der Waals surface area contributed by atoms with Crippen LogP contribution in [-0.2, 0) is 21.1 Å². The zero-order valence-electron chi connectivity index (χ0n) is 35.4. The minimum Gasteiger partial charge on any atom is -0.497 e. The Hall–Kier alpha value is -5.77. The van der Waals surface area contributed by atoms with Crippen LogP contribution in [0.3, 0.4) is 0 Å². The van der Waals surface area contributed by atoms with Gasteiger partial charge in [-0.3, -0.25) is 9.97 Å². The molecule has 0 fully saturated rings. The van der Waals surface area contributed by atoms with Crippen LogP contribution in [0, 0.1) is 12.1 Å². The SMILES string of the molecule is CC(C)c1cccc(C(C)C)c1-c1ccc2c3ccc(Oc4[c-]c5c(cc4)c4ccccc4n4c(-c6c(C(C)C)cccc6C(C)C)cnc54)[c-]c3c3nccn3c2c1.[Pt+2]. The number of fused-ring (bicyclic) bond motifs is 12. The topological polar surface area (TPSA) is 43.8 Å². The van der Waals surface area contributed by atoms with E-state index in [2.05, 4.69) is 174 Å². The third kappa shape index (κ3) is 6.32. The van der Waals surface area contributed by atoms with Crippen LogP contribution in [0.5, 0.6) is 11.5 Å². The van der Waals surface area contributed by atoms with Crippen LogP contribution in [-0.4, -0.2) is 18.8 Å². The molecule has 0 N–H and O–H groups in total. The van der Waals surface area contributed by atoms with E-state index in [1.54, 1.807) is 0 Å². The standard InChI is InChI=1S/C54H48N4O.Pt/c1-31(2)38-14-11-15-39(32(3)4)51(38)35-19-22-45-43-24-21-36(28-46(43)53-55-25-26-57(53)49(45)27-35)59-37-20-23-42-44-13-9-10-18-48(44)58-50(30-56-54(58)47(42)29-37)52-40(33(5)6)16-12-17-41(52)34(7)8;/h9-27,30-34H,1-8H3;/q-2;+2. The summed E-state index contributed by atoms with van der Waals surface area (Å²) in [6, 6.07) is 44.5. The summed E-state index contributed by atoms with van der Waals surface area (Å²) in [5, 5.41) is 6.29. The first kappa shape index (κ1) is 39.7. The molecule has 10 aromatic rings. The second-order valence-electron chi connectivity index (χ2n) is 17.2. The van der Waals surface area contributed by atoms with Gasteiger partial charge < -0.3 is 13.5 Å². The Morgan fingerprint density at radius 2 is 1.05 bits per heavy atom. The van der Waals surface area contributed by atoms with Gasteiger partial charge in [0.1, 0.15) is 0 Å². The molecule has 0 spiro atoms. The van der Waals surface area contributed by atoms with Crippen molar-refractivity contribution in [2.75, 3.05) is 0 Å². The predicted octanol–water partition coefficient (Wildman–Crippen LogP) is 14.8. The van der Waals surface area contributed by atoms with Crippen molar-refractivity contribution < 1.29 is 25.8 Å². The number of imidazole rings is 2. The first-order valence-corrected chi connectivity index (χ1v) is 21.0. The van der Waals surface area contributed by atoms with Gasteiger partial charge >= 0.3 is 21.1 Å². The normalized spacial score (nSPS) is 12.1. The van der Waals surface area contributed by atoms with Crippen molar-refractivity contribution in [2.24, 2.45) is 0 Å². The van der Waals surface area contributed by atoms with Gasteiger partial charge in [-0.25, -0.2) is 0 Å². The van der Waals surface area contributed by atoms with Gasteiger partial charge in [-0.2, -0.15) is 0 Å². The summed E-state index contributed by atoms with van der Waals surface area (Å²) in [5.74, 6) is 2.74. The van der Waals surface area contributed by atoms with Gasteiger partial charge in [0.15, 0.2) is 0 Å². The molecule has 0 aliphatic carbocycles. The largest absolute Gasteiger partial charge is 2.00 e. The molecule has 300 valence electrons. The Morgan fingerprint density at radius 1 is 0.517 bits per heavy atom. The minimum absolute atomic E-state index is 0. The van der Waals surface area contributed by atoms with Crippen LogP contribution in [0.4, 0.5) is 0 Å². The van der Waals surface area contributed by atoms with E-state index in [1.165, 1.54) is 38.9 Å². The monoisotopic (exact) mass is 963 g/mol. The molecule has 6 heteroatoms. The molecule has 4 heterocycles. The molecule has 0 saturated carbocycles. The van der Waals surface area contributed by atoms with E-state index in [0.717, 1.165) is 60.3 Å². The zero-order chi connectivity index (χ0) is 40.7. The van der Waals surface area contributed by atoms with Crippen LogP contribution in [0.2, 0.25) is 0 Å². The van der Waals surface area contributed by atoms with Crippen molar-refractivity contribution in [3.8, 4) is 33.9 Å². The van der Waals surface area contributed by atoms with Crippen LogP contribution in [0.15, 0.2) is 122 Å². The summed E-state index contributed by atoms with van der Waals surface area (Å²) < 4.78 is 11.2. The fourth-order valence-electron chi connectivity index (χ4n) is 9.36. The second-order valence-corrected chi connectivity index (χ2v) is 17.2. The Bertz CT molecular complexity index is 3220. The maximum Gasteiger partial charge on any atom is 2.00 e. The number of nitrogens with zero attached hydrogens (tertiary/aromatic N) is 4. The van der Waals surface area contributed by atoms with Crippen molar-refractivity contribution in [3.63, 3.8) is 0 Å². The van der Waals surface area contributed by atoms with Gasteiger partial charge in [-0.1, -0.05) is 168 Å². The summed E-state index contributed by atoms with van der Waals surface area (Å²) in [7, 11) is 0. The van der Waals surface area contributed by atoms with E-state index >= 15 is 0 Å². The summed E-state index contributed by atoms with van der Waals surface area (Å²) >= 11 is 0. The van der Waals surface area contributed by atoms with E-state index in [9.17, 15) is 0 Å². The molecule has 0 radical (unpaired) electrons. The Balaban J connectivity index is 0.00000462. The van der Waals surface area contributed by atoms with Gasteiger partial charge in [0.2, 0.25) is 0 Å². The van der Waals surface area contributed by atoms with Gasteiger partial charge in [0, 0.05) is 46.7 Å². The average Bonchev–Trinajstić information content (AvgIpc) is 3.92. The second kappa shape index (κ2) is 15.4. The van der Waals surface area contributed by atoms with Crippen molar-refractivity contribution in [1.82, 2.24) is 18.8 Å². The molecule has 6 aromatic carbocycles. The fraction of sp³-hybridized carbons (Fsp3) is 0.222. The van der Waals surface area contributed by atoms with Crippen molar-refractivity contribution >= 4 is 54.6 Å². The zero-order valence-corrected chi connectivity index (χ0v) is 37.6. The number of ether oxygens (including phenoxy) is 1. The first-order valence-electron chi connectivity index (χ1n) is 21.0. The van der Waals surface area contributed by atoms with Crippen LogP contribution in [0.25, 0.3) is 77.0 Å². The maximum atomic E-state index is 6.65. The predicted molar refractivity (Wildman–Crippen MR) is 245 cm³/mol. The van der Waals surface area contributed by atoms with Gasteiger partial charge in [-0.05, 0) is 80.0 Å². The Kier molecular flexibility index (Phi) is 10.2. The molecule has 0 amide bonds. The average molecular weight is 964 g/mol. The molecule has 0 aliphatic rings. The Morgan fingerprint density at radius 3 is 1.65 bits per heavy atom. The summed E-state index contributed by atoms with van der Waals surface area (Å²) in [4.78, 5) is 9.99. The van der Waals surface area contributed by atoms with E-state index in [0.29, 0.717) is 35.2 Å². The summed E-state index contributed by atoms with van der Waals surface area (Å²) in [5.41, 5.74) is 14.3. The smallest absolute Gasteiger partial charge is 0.497 e. The van der Waals surface area contributed by atoms with Crippen LogP contribution >= 0.6 is 0 Å². The molecular weight excluding hydrogens is 916 g/mol. The van der Waals surface area contributed by atoms with Crippen molar-refractivity contribution in [2.45, 2.75) is 79.1 Å². The third-order valence-electron chi connectivity index (χ3n) is 12.2. The van der Waals surface area contributed by atoms with Gasteiger partial charge in [0.05, 0.1) is 17.0 Å². The van der Waals surface area contributed by atoms with Gasteiger partial charge in [0.25, 0.3) is 0 Å². The minimum atomic E-state index is 0. The van der Waals surface area contributed by atoms with E-state index in [4.69, 9.17) is 14.7 Å². The van der Waals surface area contributed by atoms with Crippen LogP contribution < -0.4 is 4.74 Å². The van der Waals surface area contributed by atoms with E-state index in [1.807, 2.05) is 24.5 Å². The summed E-state index contributed by atoms with van der Waals surface area (Å²) in [6.45, 7) is 18.2. The molecule has 4 aromatic heterocycles. The molecular formula is C54H48N4OPt. The van der Waals surface area contributed by atoms with E-state index in [-0.39, 0.29) is 21.1 Å². The van der Waals surface area contributed by atoms with Crippen molar-refractivity contribution in [1.29, 1.82) is 0 Å². The van der Waals surface area contributed by atoms with Crippen LogP contribution in [0.1, 0.15) is 101 Å². The number of rotatable bonds is 8. The molecule has 0 bridgehead atoms. The number of aromatic nitrogens is 4. The molecule has 0 aliphatic heterocycles. The van der Waals surface area contributed by atoms with Crippen molar-refractivity contribution in [3.05, 3.63) is 156 Å². The molecule has 0 saturated heterocycles. The molecule has 0 atom stereocenters. The van der Waals surface area contributed by atoms with Gasteiger partial charge in [-0.15, -0.1) is 12.1 Å².